The van der Waals surface area contributed by atoms with Crippen molar-refractivity contribution in [1.29, 1.82) is 0 Å². The third-order valence-electron chi connectivity index (χ3n) is 4.18. The molecule has 0 bridgehead atoms. The van der Waals surface area contributed by atoms with E-state index in [0.29, 0.717) is 23.7 Å². The van der Waals surface area contributed by atoms with Gasteiger partial charge in [-0.05, 0) is 18.2 Å². The van der Waals surface area contributed by atoms with E-state index in [1.807, 2.05) is 6.07 Å². The van der Waals surface area contributed by atoms with Crippen LogP contribution in [0.25, 0.3) is 10.2 Å². The van der Waals surface area contributed by atoms with Crippen LogP contribution in [-0.2, 0) is 11.3 Å². The molecule has 2 aromatic carbocycles. The standard InChI is InChI=1S/C18H16N4O7S/c1-28-6-5-20-15-4-3-14(29-2)10-16(15)30-18(20)19-17(23)11-7-12(21(24)25)9-13(8-11)22(26)27/h3-4,7-10H,5-6H2,1-2H3. The molecule has 0 saturated carbocycles. The molecule has 3 aromatic rings. The number of methoxy groups -OCH3 is 2. The molecule has 1 amide bonds. The Morgan fingerprint density at radius 3 is 2.33 bits per heavy atom. The zero-order valence-electron chi connectivity index (χ0n) is 15.9. The Bertz CT molecular complexity index is 1180. The maximum atomic E-state index is 12.7. The normalized spacial score (nSPS) is 11.6. The van der Waals surface area contributed by atoms with Crippen LogP contribution in [0.1, 0.15) is 10.4 Å². The molecule has 11 nitrogen and oxygen atoms in total. The number of fused-ring (bicyclic) bond motifs is 1. The molecule has 156 valence electrons. The molecule has 0 aliphatic carbocycles. The Labute approximate surface area is 173 Å². The van der Waals surface area contributed by atoms with Gasteiger partial charge in [-0.2, -0.15) is 4.99 Å². The molecule has 3 rings (SSSR count). The average molecular weight is 432 g/mol. The van der Waals surface area contributed by atoms with Crippen LogP contribution in [0.4, 0.5) is 11.4 Å². The van der Waals surface area contributed by atoms with Gasteiger partial charge in [-0.1, -0.05) is 11.3 Å². The summed E-state index contributed by atoms with van der Waals surface area (Å²) >= 11 is 1.22. The van der Waals surface area contributed by atoms with Crippen LogP contribution in [-0.4, -0.2) is 41.1 Å². The highest BCUT2D eigenvalue weighted by Crippen LogP contribution is 2.25. The summed E-state index contributed by atoms with van der Waals surface area (Å²) in [6, 6.07) is 8.12. The van der Waals surface area contributed by atoms with E-state index in [1.165, 1.54) is 18.4 Å². The monoisotopic (exact) mass is 432 g/mol. The van der Waals surface area contributed by atoms with Crippen molar-refractivity contribution in [3.05, 3.63) is 67.0 Å². The van der Waals surface area contributed by atoms with Gasteiger partial charge in [0.1, 0.15) is 5.75 Å². The zero-order valence-corrected chi connectivity index (χ0v) is 16.7. The number of carbonyl (C=O) groups excluding carboxylic acids is 1. The molecule has 0 saturated heterocycles. The Morgan fingerprint density at radius 2 is 1.77 bits per heavy atom. The predicted octanol–water partition coefficient (Wildman–Crippen LogP) is 2.92. The van der Waals surface area contributed by atoms with E-state index in [1.54, 1.807) is 23.8 Å². The number of hydrogen-bond donors (Lipinski definition) is 0. The Balaban J connectivity index is 2.14. The third kappa shape index (κ3) is 4.34. The lowest BCUT2D eigenvalue weighted by atomic mass is 10.1. The molecule has 0 unspecified atom stereocenters. The van der Waals surface area contributed by atoms with Gasteiger partial charge in [0.25, 0.3) is 17.3 Å². The molecule has 0 fully saturated rings. The zero-order chi connectivity index (χ0) is 21.8. The second-order valence-corrected chi connectivity index (χ2v) is 7.04. The van der Waals surface area contributed by atoms with E-state index in [0.717, 1.165) is 28.4 Å². The van der Waals surface area contributed by atoms with Crippen LogP contribution in [0, 0.1) is 20.2 Å². The van der Waals surface area contributed by atoms with Crippen molar-refractivity contribution in [3.63, 3.8) is 0 Å². The van der Waals surface area contributed by atoms with Crippen LogP contribution in [0.5, 0.6) is 5.75 Å². The van der Waals surface area contributed by atoms with Gasteiger partial charge in [0.05, 0.1) is 45.4 Å². The number of amides is 1. The van der Waals surface area contributed by atoms with Crippen molar-refractivity contribution in [2.45, 2.75) is 6.54 Å². The first-order valence-electron chi connectivity index (χ1n) is 8.53. The van der Waals surface area contributed by atoms with Crippen LogP contribution < -0.4 is 9.54 Å². The summed E-state index contributed by atoms with van der Waals surface area (Å²) in [5.41, 5.74) is -0.564. The molecule has 0 spiro atoms. The molecule has 1 heterocycles. The maximum Gasteiger partial charge on any atom is 0.280 e. The molecule has 0 aliphatic heterocycles. The van der Waals surface area contributed by atoms with Gasteiger partial charge < -0.3 is 14.0 Å². The fourth-order valence-electron chi connectivity index (χ4n) is 2.75. The first-order chi connectivity index (χ1) is 14.3. The fourth-order valence-corrected chi connectivity index (χ4v) is 3.83. The third-order valence-corrected chi connectivity index (χ3v) is 5.22. The minimum absolute atomic E-state index is 0.246. The highest BCUT2D eigenvalue weighted by Gasteiger charge is 2.20. The molecular formula is C18H16N4O7S. The lowest BCUT2D eigenvalue weighted by Gasteiger charge is -2.05. The number of rotatable bonds is 7. The van der Waals surface area contributed by atoms with E-state index < -0.39 is 27.1 Å². The van der Waals surface area contributed by atoms with E-state index in [-0.39, 0.29) is 5.56 Å². The largest absolute Gasteiger partial charge is 0.497 e. The Morgan fingerprint density at radius 1 is 1.10 bits per heavy atom. The summed E-state index contributed by atoms with van der Waals surface area (Å²) in [5.74, 6) is -0.193. The minimum Gasteiger partial charge on any atom is -0.497 e. The van der Waals surface area contributed by atoms with Gasteiger partial charge >= 0.3 is 0 Å². The van der Waals surface area contributed by atoms with Gasteiger partial charge in [-0.3, -0.25) is 25.0 Å². The van der Waals surface area contributed by atoms with Crippen LogP contribution in [0.3, 0.4) is 0 Å². The number of thiazole rings is 1. The second-order valence-electron chi connectivity index (χ2n) is 6.03. The number of aromatic nitrogens is 1. The van der Waals surface area contributed by atoms with E-state index in [2.05, 4.69) is 4.99 Å². The number of nitro benzene ring substituents is 2. The Kier molecular flexibility index (Phi) is 6.18. The number of hydrogen-bond acceptors (Lipinski definition) is 8. The first-order valence-corrected chi connectivity index (χ1v) is 9.35. The summed E-state index contributed by atoms with van der Waals surface area (Å²) < 4.78 is 12.9. The summed E-state index contributed by atoms with van der Waals surface area (Å²) in [4.78, 5) is 37.7. The number of nitrogens with zero attached hydrogens (tertiary/aromatic N) is 4. The van der Waals surface area contributed by atoms with Gasteiger partial charge in [-0.25, -0.2) is 0 Å². The maximum absolute atomic E-state index is 12.7. The number of ether oxygens (including phenoxy) is 2. The molecule has 0 aliphatic rings. The summed E-state index contributed by atoms with van der Waals surface area (Å²) in [6.07, 6.45) is 0. The molecule has 30 heavy (non-hydrogen) atoms. The number of nitro groups is 2. The van der Waals surface area contributed by atoms with Crippen molar-refractivity contribution < 1.29 is 24.1 Å². The van der Waals surface area contributed by atoms with Crippen molar-refractivity contribution >= 4 is 38.8 Å². The van der Waals surface area contributed by atoms with Gasteiger partial charge in [-0.15, -0.1) is 0 Å². The van der Waals surface area contributed by atoms with Gasteiger partial charge in [0.2, 0.25) is 0 Å². The highest BCUT2D eigenvalue weighted by atomic mass is 32.1. The molecule has 12 heteroatoms. The fraction of sp³-hybridized carbons (Fsp3) is 0.222. The van der Waals surface area contributed by atoms with Crippen molar-refractivity contribution in [2.24, 2.45) is 4.99 Å². The Hall–Kier alpha value is -3.64. The van der Waals surface area contributed by atoms with Gasteiger partial charge in [0.15, 0.2) is 4.80 Å². The molecule has 1 aromatic heterocycles. The smallest absolute Gasteiger partial charge is 0.280 e. The quantitative estimate of drug-likeness (QED) is 0.413. The van der Waals surface area contributed by atoms with E-state index >= 15 is 0 Å². The molecule has 0 N–H and O–H groups in total. The van der Waals surface area contributed by atoms with Crippen LogP contribution in [0.15, 0.2) is 41.4 Å². The molecule has 0 atom stereocenters. The van der Waals surface area contributed by atoms with E-state index in [9.17, 15) is 25.0 Å². The summed E-state index contributed by atoms with van der Waals surface area (Å²) in [7, 11) is 3.08. The SMILES string of the molecule is COCCn1c(=NC(=O)c2cc([N+](=O)[O-])cc([N+](=O)[O-])c2)sc2cc(OC)ccc21. The summed E-state index contributed by atoms with van der Waals surface area (Å²) in [6.45, 7) is 0.769. The molecular weight excluding hydrogens is 416 g/mol. The minimum atomic E-state index is -0.827. The number of non-ortho nitro benzene ring substituents is 2. The second kappa shape index (κ2) is 8.80. The molecule has 0 radical (unpaired) electrons. The summed E-state index contributed by atoms with van der Waals surface area (Å²) in [5, 5.41) is 22.1. The van der Waals surface area contributed by atoms with Crippen LogP contribution >= 0.6 is 11.3 Å². The lowest BCUT2D eigenvalue weighted by Crippen LogP contribution is -2.19. The highest BCUT2D eigenvalue weighted by molar-refractivity contribution is 7.16. The first kappa shape index (κ1) is 21.1. The van der Waals surface area contributed by atoms with Crippen LogP contribution in [0.2, 0.25) is 0 Å². The predicted molar refractivity (Wildman–Crippen MR) is 108 cm³/mol. The average Bonchev–Trinajstić information content (AvgIpc) is 3.07. The van der Waals surface area contributed by atoms with Gasteiger partial charge in [0, 0.05) is 25.8 Å². The van der Waals surface area contributed by atoms with Crippen molar-refractivity contribution in [1.82, 2.24) is 4.57 Å². The lowest BCUT2D eigenvalue weighted by molar-refractivity contribution is -0.394. The van der Waals surface area contributed by atoms with E-state index in [4.69, 9.17) is 9.47 Å². The van der Waals surface area contributed by atoms with Crippen molar-refractivity contribution in [3.8, 4) is 5.75 Å². The number of carbonyl (C=O) groups is 1. The topological polar surface area (TPSA) is 139 Å². The number of benzene rings is 2. The van der Waals surface area contributed by atoms with Crippen molar-refractivity contribution in [2.75, 3.05) is 20.8 Å².